The molecule has 1 atom stereocenters. The van der Waals surface area contributed by atoms with Crippen molar-refractivity contribution in [3.05, 3.63) is 29.3 Å². The van der Waals surface area contributed by atoms with Crippen molar-refractivity contribution in [1.29, 1.82) is 0 Å². The molecule has 0 aromatic heterocycles. The number of aliphatic carboxylic acids is 1. The van der Waals surface area contributed by atoms with Gasteiger partial charge in [0.2, 0.25) is 0 Å². The number of halogens is 1. The summed E-state index contributed by atoms with van der Waals surface area (Å²) in [6, 6.07) is 7.97. The second-order valence-corrected chi connectivity index (χ2v) is 4.62. The van der Waals surface area contributed by atoms with Gasteiger partial charge in [-0.25, -0.2) is 0 Å². The second-order valence-electron chi connectivity index (χ2n) is 4.19. The Bertz CT molecular complexity index is 411. The van der Waals surface area contributed by atoms with Crippen LogP contribution < -0.4 is 10.2 Å². The van der Waals surface area contributed by atoms with Gasteiger partial charge in [0.1, 0.15) is 0 Å². The molecule has 0 spiro atoms. The first-order valence-corrected chi connectivity index (χ1v) is 5.98. The maximum Gasteiger partial charge on any atom is 0.317 e. The lowest BCUT2D eigenvalue weighted by atomic mass is 10.2. The molecule has 0 aliphatic carbocycles. The van der Waals surface area contributed by atoms with Crippen LogP contribution in [0.5, 0.6) is 0 Å². The third-order valence-electron chi connectivity index (χ3n) is 2.90. The molecular formula is C12H15ClN2O2. The third kappa shape index (κ3) is 3.35. The number of carboxylic acids is 1. The first-order chi connectivity index (χ1) is 8.15. The normalized spacial score (nSPS) is 19.6. The van der Waals surface area contributed by atoms with Crippen molar-refractivity contribution in [2.45, 2.75) is 12.5 Å². The first kappa shape index (κ1) is 12.2. The summed E-state index contributed by atoms with van der Waals surface area (Å²) < 4.78 is 0. The summed E-state index contributed by atoms with van der Waals surface area (Å²) in [4.78, 5) is 12.7. The summed E-state index contributed by atoms with van der Waals surface area (Å²) in [6.07, 6.45) is 0.958. The molecule has 0 saturated carbocycles. The molecule has 0 amide bonds. The standard InChI is InChI=1S/C12H15ClN2O2/c13-9-2-1-3-11(6-9)15-5-4-10(8-15)14-7-12(16)17/h1-3,6,10,14H,4-5,7-8H2,(H,16,17). The van der Waals surface area contributed by atoms with E-state index in [-0.39, 0.29) is 12.6 Å². The van der Waals surface area contributed by atoms with Crippen LogP contribution in [0.4, 0.5) is 5.69 Å². The molecule has 1 aromatic rings. The van der Waals surface area contributed by atoms with Gasteiger partial charge in [-0.15, -0.1) is 0 Å². The zero-order chi connectivity index (χ0) is 12.3. The Morgan fingerprint density at radius 2 is 2.41 bits per heavy atom. The molecule has 92 valence electrons. The Kier molecular flexibility index (Phi) is 3.86. The van der Waals surface area contributed by atoms with Crippen molar-refractivity contribution in [3.8, 4) is 0 Å². The minimum Gasteiger partial charge on any atom is -0.480 e. The largest absolute Gasteiger partial charge is 0.480 e. The number of nitrogens with zero attached hydrogens (tertiary/aromatic N) is 1. The predicted octanol–water partition coefficient (Wildman–Crippen LogP) is 1.59. The Morgan fingerprint density at radius 3 is 3.12 bits per heavy atom. The lowest BCUT2D eigenvalue weighted by Crippen LogP contribution is -2.35. The zero-order valence-electron chi connectivity index (χ0n) is 9.40. The number of carbonyl (C=O) groups is 1. The van der Waals surface area contributed by atoms with Crippen molar-refractivity contribution < 1.29 is 9.90 Å². The first-order valence-electron chi connectivity index (χ1n) is 5.61. The molecule has 0 bridgehead atoms. The van der Waals surface area contributed by atoms with E-state index in [0.29, 0.717) is 0 Å². The fraction of sp³-hybridized carbons (Fsp3) is 0.417. The summed E-state index contributed by atoms with van der Waals surface area (Å²) in [7, 11) is 0. The smallest absolute Gasteiger partial charge is 0.317 e. The van der Waals surface area contributed by atoms with Crippen molar-refractivity contribution in [2.75, 3.05) is 24.5 Å². The van der Waals surface area contributed by atoms with Gasteiger partial charge in [0, 0.05) is 29.8 Å². The molecule has 1 aliphatic rings. The number of rotatable bonds is 4. The molecule has 1 heterocycles. The summed E-state index contributed by atoms with van der Waals surface area (Å²) in [5, 5.41) is 12.3. The van der Waals surface area contributed by atoms with Crippen molar-refractivity contribution in [2.24, 2.45) is 0 Å². The highest BCUT2D eigenvalue weighted by Gasteiger charge is 2.22. The van der Waals surface area contributed by atoms with Crippen LogP contribution >= 0.6 is 11.6 Å². The maximum atomic E-state index is 10.5. The monoisotopic (exact) mass is 254 g/mol. The molecular weight excluding hydrogens is 240 g/mol. The SMILES string of the molecule is O=C(O)CNC1CCN(c2cccc(Cl)c2)C1. The number of carboxylic acid groups (broad SMARTS) is 1. The predicted molar refractivity (Wildman–Crippen MR) is 67.7 cm³/mol. The van der Waals surface area contributed by atoms with Crippen LogP contribution in [0.15, 0.2) is 24.3 Å². The fourth-order valence-corrected chi connectivity index (χ4v) is 2.25. The average molecular weight is 255 g/mol. The highest BCUT2D eigenvalue weighted by atomic mass is 35.5. The summed E-state index contributed by atoms with van der Waals surface area (Å²) in [6.45, 7) is 1.78. The molecule has 17 heavy (non-hydrogen) atoms. The Labute approximate surface area is 105 Å². The van der Waals surface area contributed by atoms with Crippen molar-refractivity contribution in [1.82, 2.24) is 5.32 Å². The molecule has 1 saturated heterocycles. The van der Waals surface area contributed by atoms with E-state index in [1.54, 1.807) is 0 Å². The second kappa shape index (κ2) is 5.38. The van der Waals surface area contributed by atoms with Crippen LogP contribution in [0.1, 0.15) is 6.42 Å². The van der Waals surface area contributed by atoms with Gasteiger partial charge >= 0.3 is 5.97 Å². The van der Waals surface area contributed by atoms with Crippen LogP contribution in [0, 0.1) is 0 Å². The molecule has 2 rings (SSSR count). The quantitative estimate of drug-likeness (QED) is 0.857. The molecule has 5 heteroatoms. The third-order valence-corrected chi connectivity index (χ3v) is 3.14. The molecule has 2 N–H and O–H groups in total. The maximum absolute atomic E-state index is 10.5. The zero-order valence-corrected chi connectivity index (χ0v) is 10.2. The van der Waals surface area contributed by atoms with E-state index in [1.807, 2.05) is 24.3 Å². The topological polar surface area (TPSA) is 52.6 Å². The van der Waals surface area contributed by atoms with Crippen LogP contribution in [0.3, 0.4) is 0 Å². The molecule has 1 aromatic carbocycles. The Morgan fingerprint density at radius 1 is 1.59 bits per heavy atom. The number of hydrogen-bond donors (Lipinski definition) is 2. The molecule has 1 fully saturated rings. The molecule has 1 unspecified atom stereocenters. The lowest BCUT2D eigenvalue weighted by molar-refractivity contribution is -0.136. The van der Waals surface area contributed by atoms with Crippen LogP contribution in [-0.2, 0) is 4.79 Å². The minimum absolute atomic E-state index is 0.0219. The van der Waals surface area contributed by atoms with Gasteiger partial charge in [-0.05, 0) is 24.6 Å². The summed E-state index contributed by atoms with van der Waals surface area (Å²) in [5.74, 6) is -0.814. The van der Waals surface area contributed by atoms with Crippen LogP contribution in [-0.4, -0.2) is 36.8 Å². The molecule has 4 nitrogen and oxygen atoms in total. The minimum atomic E-state index is -0.814. The van der Waals surface area contributed by atoms with Gasteiger partial charge in [0.25, 0.3) is 0 Å². The van der Waals surface area contributed by atoms with E-state index in [2.05, 4.69) is 10.2 Å². The Balaban J connectivity index is 1.91. The van der Waals surface area contributed by atoms with Gasteiger partial charge in [-0.2, -0.15) is 0 Å². The highest BCUT2D eigenvalue weighted by molar-refractivity contribution is 6.30. The fourth-order valence-electron chi connectivity index (χ4n) is 2.07. The van der Waals surface area contributed by atoms with E-state index in [9.17, 15) is 4.79 Å². The van der Waals surface area contributed by atoms with Crippen LogP contribution in [0.25, 0.3) is 0 Å². The van der Waals surface area contributed by atoms with Gasteiger partial charge in [-0.3, -0.25) is 4.79 Å². The van der Waals surface area contributed by atoms with E-state index < -0.39 is 5.97 Å². The molecule has 1 aliphatic heterocycles. The molecule has 0 radical (unpaired) electrons. The number of hydrogen-bond acceptors (Lipinski definition) is 3. The highest BCUT2D eigenvalue weighted by Crippen LogP contribution is 2.23. The van der Waals surface area contributed by atoms with Gasteiger partial charge in [0.05, 0.1) is 6.54 Å². The van der Waals surface area contributed by atoms with E-state index >= 15 is 0 Å². The summed E-state index contributed by atoms with van der Waals surface area (Å²) >= 11 is 5.94. The van der Waals surface area contributed by atoms with Gasteiger partial charge in [-0.1, -0.05) is 17.7 Å². The van der Waals surface area contributed by atoms with E-state index in [4.69, 9.17) is 16.7 Å². The van der Waals surface area contributed by atoms with Gasteiger partial charge < -0.3 is 15.3 Å². The van der Waals surface area contributed by atoms with Gasteiger partial charge in [0.15, 0.2) is 0 Å². The number of anilines is 1. The Hall–Kier alpha value is -1.26. The van der Waals surface area contributed by atoms with Crippen molar-refractivity contribution >= 4 is 23.3 Å². The van der Waals surface area contributed by atoms with Crippen molar-refractivity contribution in [3.63, 3.8) is 0 Å². The van der Waals surface area contributed by atoms with E-state index in [0.717, 1.165) is 30.2 Å². The summed E-state index contributed by atoms with van der Waals surface area (Å²) in [5.41, 5.74) is 1.09. The average Bonchev–Trinajstić information content (AvgIpc) is 2.75. The van der Waals surface area contributed by atoms with E-state index in [1.165, 1.54) is 0 Å². The number of nitrogens with one attached hydrogen (secondary N) is 1. The van der Waals surface area contributed by atoms with Crippen LogP contribution in [0.2, 0.25) is 5.02 Å². The lowest BCUT2D eigenvalue weighted by Gasteiger charge is -2.19. The number of benzene rings is 1.